The van der Waals surface area contributed by atoms with E-state index < -0.39 is 0 Å². The molecule has 0 bridgehead atoms. The third kappa shape index (κ3) is 1.85. The maximum atomic E-state index is 2.38. The summed E-state index contributed by atoms with van der Waals surface area (Å²) in [7, 11) is 0. The van der Waals surface area contributed by atoms with E-state index in [4.69, 9.17) is 0 Å². The largest absolute Gasteiger partial charge is 0.144 e. The van der Waals surface area contributed by atoms with Crippen molar-refractivity contribution in [3.63, 3.8) is 0 Å². The van der Waals surface area contributed by atoms with Crippen molar-refractivity contribution in [1.29, 1.82) is 0 Å². The van der Waals surface area contributed by atoms with Crippen molar-refractivity contribution in [2.24, 2.45) is 5.92 Å². The van der Waals surface area contributed by atoms with Gasteiger partial charge in [0.2, 0.25) is 0 Å². The van der Waals surface area contributed by atoms with E-state index in [2.05, 4.69) is 44.3 Å². The average Bonchev–Trinajstić information content (AvgIpc) is 1.89. The van der Waals surface area contributed by atoms with Gasteiger partial charge in [0.25, 0.3) is 0 Å². The molecule has 0 unspecified atom stereocenters. The van der Waals surface area contributed by atoms with Gasteiger partial charge in [-0.1, -0.05) is 13.8 Å². The summed E-state index contributed by atoms with van der Waals surface area (Å²) in [5.41, 5.74) is 0. The topological polar surface area (TPSA) is 0 Å². The first-order valence-corrected chi connectivity index (χ1v) is 5.90. The van der Waals surface area contributed by atoms with Crippen LogP contribution in [0.3, 0.4) is 0 Å². The first-order chi connectivity index (χ1) is 4.65. The van der Waals surface area contributed by atoms with Gasteiger partial charge in [-0.2, -0.15) is 0 Å². The molecule has 0 nitrogen and oxygen atoms in total. The quantitative estimate of drug-likeness (QED) is 0.601. The molecule has 0 aromatic heterocycles. The Balaban J connectivity index is 2.48. The van der Waals surface area contributed by atoms with Gasteiger partial charge >= 0.3 is 0 Å². The van der Waals surface area contributed by atoms with Gasteiger partial charge in [-0.05, 0) is 30.8 Å². The molecule has 0 aromatic rings. The lowest BCUT2D eigenvalue weighted by molar-refractivity contribution is 0.601. The Morgan fingerprint density at radius 3 is 2.00 bits per heavy atom. The highest BCUT2D eigenvalue weighted by atomic mass is 32.2. The van der Waals surface area contributed by atoms with Crippen LogP contribution in [0.1, 0.15) is 27.2 Å². The molecule has 0 atom stereocenters. The maximum Gasteiger partial charge on any atom is 0.0605 e. The molecule has 0 saturated carbocycles. The minimum absolute atomic E-state index is 0.512. The Kier molecular flexibility index (Phi) is 2.99. The summed E-state index contributed by atoms with van der Waals surface area (Å²) >= 11 is 4.27. The second-order valence-corrected chi connectivity index (χ2v) is 6.57. The molecule has 1 fully saturated rings. The summed E-state index contributed by atoms with van der Waals surface area (Å²) in [6.07, 6.45) is 1.40. The highest BCUT2D eigenvalue weighted by Gasteiger charge is 2.31. The van der Waals surface area contributed by atoms with Crippen LogP contribution >= 0.6 is 23.5 Å². The molecule has 0 amide bonds. The highest BCUT2D eigenvalue weighted by molar-refractivity contribution is 8.18. The van der Waals surface area contributed by atoms with Crippen LogP contribution in [-0.4, -0.2) is 15.6 Å². The molecule has 0 aliphatic carbocycles. The summed E-state index contributed by atoms with van der Waals surface area (Å²) in [4.78, 5) is 0. The molecular weight excluding hydrogens is 160 g/mol. The summed E-state index contributed by atoms with van der Waals surface area (Å²) in [6.45, 7) is 7.03. The van der Waals surface area contributed by atoms with Crippen molar-refractivity contribution in [2.75, 3.05) is 11.5 Å². The van der Waals surface area contributed by atoms with Crippen molar-refractivity contribution in [2.45, 2.75) is 31.3 Å². The lowest BCUT2D eigenvalue weighted by Gasteiger charge is -2.35. The van der Waals surface area contributed by atoms with E-state index in [9.17, 15) is 0 Å². The second kappa shape index (κ2) is 3.40. The van der Waals surface area contributed by atoms with Crippen LogP contribution in [0.4, 0.5) is 0 Å². The fourth-order valence-corrected chi connectivity index (χ4v) is 4.05. The molecule has 1 rings (SSSR count). The van der Waals surface area contributed by atoms with Gasteiger partial charge in [-0.3, -0.25) is 0 Å². The van der Waals surface area contributed by atoms with E-state index in [0.717, 1.165) is 5.92 Å². The number of hydrogen-bond donors (Lipinski definition) is 0. The smallest absolute Gasteiger partial charge is 0.0605 e. The van der Waals surface area contributed by atoms with Gasteiger partial charge in [0.05, 0.1) is 4.08 Å². The predicted molar refractivity (Wildman–Crippen MR) is 52.8 cm³/mol. The van der Waals surface area contributed by atoms with Crippen LogP contribution in [-0.2, 0) is 0 Å². The van der Waals surface area contributed by atoms with Crippen LogP contribution in [0.5, 0.6) is 0 Å². The van der Waals surface area contributed by atoms with Gasteiger partial charge in [0, 0.05) is 0 Å². The molecule has 1 aliphatic rings. The van der Waals surface area contributed by atoms with Crippen molar-refractivity contribution in [1.82, 2.24) is 0 Å². The minimum Gasteiger partial charge on any atom is -0.144 e. The van der Waals surface area contributed by atoms with Gasteiger partial charge in [-0.15, -0.1) is 23.5 Å². The Hall–Kier alpha value is 0.700. The lowest BCUT2D eigenvalue weighted by Crippen LogP contribution is -2.27. The van der Waals surface area contributed by atoms with Crippen molar-refractivity contribution in [3.8, 4) is 0 Å². The Morgan fingerprint density at radius 1 is 1.20 bits per heavy atom. The maximum absolute atomic E-state index is 2.38. The van der Waals surface area contributed by atoms with E-state index in [1.807, 2.05) is 0 Å². The zero-order valence-electron chi connectivity index (χ0n) is 7.02. The molecule has 0 N–H and O–H groups in total. The summed E-state index contributed by atoms with van der Waals surface area (Å²) in [5, 5.41) is 0. The molecule has 1 heterocycles. The lowest BCUT2D eigenvalue weighted by atomic mass is 10.1. The molecule has 0 spiro atoms. The van der Waals surface area contributed by atoms with E-state index >= 15 is 0 Å². The van der Waals surface area contributed by atoms with Gasteiger partial charge < -0.3 is 0 Å². The fraction of sp³-hybridized carbons (Fsp3) is 1.00. The fourth-order valence-electron chi connectivity index (χ4n) is 0.984. The van der Waals surface area contributed by atoms with E-state index in [0.29, 0.717) is 4.08 Å². The Morgan fingerprint density at radius 2 is 1.70 bits per heavy atom. The number of hydrogen-bond acceptors (Lipinski definition) is 2. The molecule has 1 aliphatic heterocycles. The van der Waals surface area contributed by atoms with E-state index in [1.54, 1.807) is 0 Å². The molecule has 60 valence electrons. The van der Waals surface area contributed by atoms with Crippen molar-refractivity contribution in [3.05, 3.63) is 0 Å². The molecule has 0 aromatic carbocycles. The first kappa shape index (κ1) is 8.79. The predicted octanol–water partition coefficient (Wildman–Crippen LogP) is 3.23. The zero-order valence-corrected chi connectivity index (χ0v) is 8.65. The second-order valence-electron chi connectivity index (χ2n) is 3.22. The van der Waals surface area contributed by atoms with E-state index in [-0.39, 0.29) is 0 Å². The SMILES string of the molecule is CC(C)C1(C)SCCCS1. The summed E-state index contributed by atoms with van der Waals surface area (Å²) in [5.74, 6) is 3.53. The zero-order chi connectivity index (χ0) is 7.61. The highest BCUT2D eigenvalue weighted by Crippen LogP contribution is 2.46. The van der Waals surface area contributed by atoms with Crippen LogP contribution in [0.2, 0.25) is 0 Å². The Labute approximate surface area is 72.5 Å². The summed E-state index contributed by atoms with van der Waals surface area (Å²) in [6, 6.07) is 0. The Bertz CT molecular complexity index is 104. The first-order valence-electron chi connectivity index (χ1n) is 3.93. The van der Waals surface area contributed by atoms with Crippen molar-refractivity contribution < 1.29 is 0 Å². The van der Waals surface area contributed by atoms with Gasteiger partial charge in [0.15, 0.2) is 0 Å². The van der Waals surface area contributed by atoms with Crippen LogP contribution in [0.15, 0.2) is 0 Å². The minimum atomic E-state index is 0.512. The molecule has 2 heteroatoms. The van der Waals surface area contributed by atoms with Gasteiger partial charge in [0.1, 0.15) is 0 Å². The van der Waals surface area contributed by atoms with E-state index in [1.165, 1.54) is 17.9 Å². The number of thioether (sulfide) groups is 2. The van der Waals surface area contributed by atoms with Crippen LogP contribution in [0, 0.1) is 5.92 Å². The van der Waals surface area contributed by atoms with Crippen LogP contribution in [0.25, 0.3) is 0 Å². The number of rotatable bonds is 1. The standard InChI is InChI=1S/C8H16S2/c1-7(2)8(3)9-5-4-6-10-8/h7H,4-6H2,1-3H3. The molecule has 10 heavy (non-hydrogen) atoms. The normalized spacial score (nSPS) is 25.2. The third-order valence-corrected chi connectivity index (χ3v) is 5.90. The third-order valence-electron chi connectivity index (χ3n) is 2.11. The average molecular weight is 176 g/mol. The summed E-state index contributed by atoms with van der Waals surface area (Å²) < 4.78 is 0.512. The van der Waals surface area contributed by atoms with Crippen molar-refractivity contribution >= 4 is 23.5 Å². The molecule has 0 radical (unpaired) electrons. The molecular formula is C8H16S2. The van der Waals surface area contributed by atoms with Gasteiger partial charge in [-0.25, -0.2) is 0 Å². The van der Waals surface area contributed by atoms with Crippen LogP contribution < -0.4 is 0 Å². The monoisotopic (exact) mass is 176 g/mol. The molecule has 1 saturated heterocycles.